The molecule has 0 bridgehead atoms. The zero-order valence-electron chi connectivity index (χ0n) is 10.3. The van der Waals surface area contributed by atoms with E-state index in [1.54, 1.807) is 6.07 Å². The number of hydrogen-bond donors (Lipinski definition) is 0. The fourth-order valence-electron chi connectivity index (χ4n) is 2.29. The van der Waals surface area contributed by atoms with E-state index in [0.29, 0.717) is 34.1 Å². The minimum atomic E-state index is -0.385. The number of benzene rings is 1. The first-order valence-corrected chi connectivity index (χ1v) is 8.41. The third-order valence-corrected chi connectivity index (χ3v) is 6.04. The molecule has 0 saturated carbocycles. The maximum Gasteiger partial charge on any atom is 0.164 e. The number of hydrogen-bond acceptors (Lipinski definition) is 3. The first-order valence-electron chi connectivity index (χ1n) is 6.16. The van der Waals surface area contributed by atoms with Gasteiger partial charge in [0.05, 0.1) is 4.47 Å². The Morgan fingerprint density at radius 3 is 2.75 bits per heavy atom. The summed E-state index contributed by atoms with van der Waals surface area (Å²) in [4.78, 5) is 8.75. The Balaban J connectivity index is 2.17. The van der Waals surface area contributed by atoms with Crippen molar-refractivity contribution < 1.29 is 9.13 Å². The molecule has 0 spiro atoms. The molecular formula is C13H10BrClFIN2O. The van der Waals surface area contributed by atoms with Crippen LogP contribution in [0.4, 0.5) is 4.39 Å². The van der Waals surface area contributed by atoms with Crippen LogP contribution in [0.2, 0.25) is 5.15 Å². The van der Waals surface area contributed by atoms with Gasteiger partial charge in [-0.3, -0.25) is 0 Å². The number of ether oxygens (including phenoxy) is 1. The van der Waals surface area contributed by atoms with Crippen LogP contribution in [0.25, 0.3) is 10.9 Å². The van der Waals surface area contributed by atoms with Crippen LogP contribution in [0.1, 0.15) is 24.6 Å². The highest BCUT2D eigenvalue weighted by Crippen LogP contribution is 2.34. The molecule has 1 aliphatic rings. The molecule has 0 amide bonds. The lowest BCUT2D eigenvalue weighted by molar-refractivity contribution is 0.0836. The van der Waals surface area contributed by atoms with Crippen LogP contribution in [0.15, 0.2) is 10.5 Å². The second-order valence-corrected chi connectivity index (χ2v) is 6.95. The molecule has 2 aromatic rings. The first kappa shape index (κ1) is 14.9. The van der Waals surface area contributed by atoms with Gasteiger partial charge in [-0.25, -0.2) is 14.4 Å². The molecule has 1 saturated heterocycles. The van der Waals surface area contributed by atoms with Gasteiger partial charge in [-0.1, -0.05) is 11.6 Å². The van der Waals surface area contributed by atoms with E-state index in [-0.39, 0.29) is 17.3 Å². The molecule has 106 valence electrons. The second kappa shape index (κ2) is 5.98. The summed E-state index contributed by atoms with van der Waals surface area (Å²) in [6.07, 6.45) is 1.68. The molecule has 0 radical (unpaired) electrons. The summed E-state index contributed by atoms with van der Waals surface area (Å²) in [5, 5.41) is 0.855. The van der Waals surface area contributed by atoms with Crippen molar-refractivity contribution in [3.8, 4) is 0 Å². The van der Waals surface area contributed by atoms with Crippen molar-refractivity contribution >= 4 is 61.0 Å². The molecule has 7 heteroatoms. The Bertz CT molecular complexity index is 679. The smallest absolute Gasteiger partial charge is 0.164 e. The number of halogens is 4. The average Bonchev–Trinajstić information content (AvgIpc) is 2.47. The first-order chi connectivity index (χ1) is 9.58. The van der Waals surface area contributed by atoms with E-state index >= 15 is 0 Å². The highest BCUT2D eigenvalue weighted by molar-refractivity contribution is 14.1. The zero-order chi connectivity index (χ0) is 14.3. The Kier molecular flexibility index (Phi) is 4.45. The fraction of sp³-hybridized carbons (Fsp3) is 0.385. The molecule has 0 N–H and O–H groups in total. The molecule has 0 atom stereocenters. The minimum Gasteiger partial charge on any atom is -0.381 e. The van der Waals surface area contributed by atoms with Crippen LogP contribution in [0, 0.1) is 9.39 Å². The van der Waals surface area contributed by atoms with E-state index in [9.17, 15) is 4.39 Å². The van der Waals surface area contributed by atoms with Crippen molar-refractivity contribution in [2.24, 2.45) is 0 Å². The standard InChI is InChI=1S/C13H10BrClFIN2O/c14-9-8(17)5-7-11(10(9)16)18-13(19-12(7)15)6-1-3-20-4-2-6/h5-6H,1-4H2. The van der Waals surface area contributed by atoms with Crippen molar-refractivity contribution in [1.29, 1.82) is 0 Å². The molecular weight excluding hydrogens is 461 g/mol. The van der Waals surface area contributed by atoms with E-state index in [2.05, 4.69) is 25.9 Å². The Labute approximate surface area is 142 Å². The summed E-state index contributed by atoms with van der Waals surface area (Å²) in [6.45, 7) is 1.37. The van der Waals surface area contributed by atoms with Gasteiger partial charge in [0.15, 0.2) is 5.82 Å². The molecule has 3 nitrogen and oxygen atoms in total. The zero-order valence-corrected chi connectivity index (χ0v) is 14.8. The van der Waals surface area contributed by atoms with E-state index in [1.807, 2.05) is 22.6 Å². The largest absolute Gasteiger partial charge is 0.381 e. The highest BCUT2D eigenvalue weighted by Gasteiger charge is 2.22. The van der Waals surface area contributed by atoms with E-state index in [4.69, 9.17) is 16.3 Å². The maximum atomic E-state index is 14.4. The third-order valence-electron chi connectivity index (χ3n) is 3.38. The van der Waals surface area contributed by atoms with E-state index in [1.165, 1.54) is 0 Å². The van der Waals surface area contributed by atoms with Gasteiger partial charge in [0.25, 0.3) is 0 Å². The molecule has 0 aliphatic carbocycles. The Morgan fingerprint density at radius 2 is 2.05 bits per heavy atom. The second-order valence-electron chi connectivity index (χ2n) is 4.64. The topological polar surface area (TPSA) is 35.0 Å². The van der Waals surface area contributed by atoms with Crippen LogP contribution in [-0.4, -0.2) is 23.2 Å². The summed E-state index contributed by atoms with van der Waals surface area (Å²) >= 11 is 11.5. The lowest BCUT2D eigenvalue weighted by atomic mass is 9.99. The molecule has 3 rings (SSSR count). The van der Waals surface area contributed by atoms with Crippen molar-refractivity contribution in [1.82, 2.24) is 9.97 Å². The van der Waals surface area contributed by atoms with Crippen molar-refractivity contribution in [2.45, 2.75) is 18.8 Å². The molecule has 1 aliphatic heterocycles. The van der Waals surface area contributed by atoms with Crippen molar-refractivity contribution in [3.05, 3.63) is 30.9 Å². The number of aromatic nitrogens is 2. The molecule has 20 heavy (non-hydrogen) atoms. The van der Waals surface area contributed by atoms with Crippen LogP contribution in [-0.2, 0) is 4.74 Å². The number of fused-ring (bicyclic) bond motifs is 1. The molecule has 1 aromatic carbocycles. The van der Waals surface area contributed by atoms with Crippen molar-refractivity contribution in [2.75, 3.05) is 13.2 Å². The SMILES string of the molecule is Fc1c(Br)c(I)cc2c(Cl)nc(C3CCOCC3)nc12. The van der Waals surface area contributed by atoms with Crippen LogP contribution < -0.4 is 0 Å². The van der Waals surface area contributed by atoms with Gasteiger partial charge in [-0.15, -0.1) is 0 Å². The van der Waals surface area contributed by atoms with Crippen LogP contribution >= 0.6 is 50.1 Å². The van der Waals surface area contributed by atoms with Gasteiger partial charge < -0.3 is 4.74 Å². The fourth-order valence-corrected chi connectivity index (χ4v) is 3.37. The average molecular weight is 471 g/mol. The van der Waals surface area contributed by atoms with Crippen LogP contribution in [0.5, 0.6) is 0 Å². The van der Waals surface area contributed by atoms with Gasteiger partial charge in [0, 0.05) is 28.1 Å². The summed E-state index contributed by atoms with van der Waals surface area (Å²) in [5.41, 5.74) is 0.277. The summed E-state index contributed by atoms with van der Waals surface area (Å²) in [7, 11) is 0. The van der Waals surface area contributed by atoms with E-state index < -0.39 is 0 Å². The summed E-state index contributed by atoms with van der Waals surface area (Å²) in [5.74, 6) is 0.408. The highest BCUT2D eigenvalue weighted by atomic mass is 127. The van der Waals surface area contributed by atoms with Gasteiger partial charge in [0.2, 0.25) is 0 Å². The molecule has 0 unspecified atom stereocenters. The van der Waals surface area contributed by atoms with Crippen molar-refractivity contribution in [3.63, 3.8) is 0 Å². The summed E-state index contributed by atoms with van der Waals surface area (Å²) in [6, 6.07) is 1.79. The van der Waals surface area contributed by atoms with Gasteiger partial charge in [0.1, 0.15) is 16.5 Å². The molecule has 1 aromatic heterocycles. The lowest BCUT2D eigenvalue weighted by Gasteiger charge is -2.21. The Morgan fingerprint density at radius 1 is 1.35 bits per heavy atom. The molecule has 2 heterocycles. The van der Waals surface area contributed by atoms with E-state index in [0.717, 1.165) is 16.4 Å². The van der Waals surface area contributed by atoms with Gasteiger partial charge in [-0.05, 0) is 57.4 Å². The predicted molar refractivity (Wildman–Crippen MR) is 87.7 cm³/mol. The molecule has 1 fully saturated rings. The van der Waals surface area contributed by atoms with Gasteiger partial charge in [-0.2, -0.15) is 0 Å². The quantitative estimate of drug-likeness (QED) is 0.344. The van der Waals surface area contributed by atoms with Crippen LogP contribution in [0.3, 0.4) is 0 Å². The summed E-state index contributed by atoms with van der Waals surface area (Å²) < 4.78 is 20.8. The number of nitrogens with zero attached hydrogens (tertiary/aromatic N) is 2. The minimum absolute atomic E-state index is 0.183. The van der Waals surface area contributed by atoms with Gasteiger partial charge >= 0.3 is 0 Å². The monoisotopic (exact) mass is 470 g/mol. The number of rotatable bonds is 1. The third kappa shape index (κ3) is 2.67. The predicted octanol–water partition coefficient (Wildman–Crippen LogP) is 4.68. The normalized spacial score (nSPS) is 16.8. The maximum absolute atomic E-state index is 14.4. The lowest BCUT2D eigenvalue weighted by Crippen LogP contribution is -2.16. The Hall–Kier alpha value is -0.0500.